The SMILES string of the molecule is CC(C)C(C#N)(CCCN1CCC(NCCC#N)C1)c1ccccc1. The zero-order chi connectivity index (χ0) is 18.1. The number of hydrogen-bond donors (Lipinski definition) is 1. The van der Waals surface area contributed by atoms with Gasteiger partial charge in [0, 0.05) is 25.6 Å². The number of benzene rings is 1. The van der Waals surface area contributed by atoms with Crippen molar-refractivity contribution in [1.82, 2.24) is 10.2 Å². The van der Waals surface area contributed by atoms with Crippen LogP contribution in [0.3, 0.4) is 0 Å². The number of nitrogens with one attached hydrogen (secondary N) is 1. The summed E-state index contributed by atoms with van der Waals surface area (Å²) in [6.07, 6.45) is 3.66. The minimum absolute atomic E-state index is 0.291. The van der Waals surface area contributed by atoms with Gasteiger partial charge < -0.3 is 10.2 Å². The maximum absolute atomic E-state index is 9.95. The van der Waals surface area contributed by atoms with Gasteiger partial charge in [-0.15, -0.1) is 0 Å². The van der Waals surface area contributed by atoms with Crippen LogP contribution in [0.4, 0.5) is 0 Å². The molecule has 0 aromatic heterocycles. The van der Waals surface area contributed by atoms with Gasteiger partial charge in [0.05, 0.1) is 17.6 Å². The average molecular weight is 338 g/mol. The smallest absolute Gasteiger partial charge is 0.0845 e. The summed E-state index contributed by atoms with van der Waals surface area (Å²) < 4.78 is 0. The number of nitrogens with zero attached hydrogens (tertiary/aromatic N) is 3. The zero-order valence-electron chi connectivity index (χ0n) is 15.5. The van der Waals surface area contributed by atoms with Gasteiger partial charge in [-0.25, -0.2) is 0 Å². The van der Waals surface area contributed by atoms with Gasteiger partial charge in [0.2, 0.25) is 0 Å². The zero-order valence-corrected chi connectivity index (χ0v) is 15.5. The molecule has 2 unspecified atom stereocenters. The topological polar surface area (TPSA) is 62.9 Å². The molecule has 1 aliphatic heterocycles. The Hall–Kier alpha value is -1.88. The summed E-state index contributed by atoms with van der Waals surface area (Å²) in [5, 5.41) is 22.0. The summed E-state index contributed by atoms with van der Waals surface area (Å²) in [5.41, 5.74) is 0.746. The number of likely N-dealkylation sites (tertiary alicyclic amines) is 1. The van der Waals surface area contributed by atoms with Crippen LogP contribution in [0.5, 0.6) is 0 Å². The Labute approximate surface area is 152 Å². The normalized spacial score (nSPS) is 20.1. The summed E-state index contributed by atoms with van der Waals surface area (Å²) in [7, 11) is 0. The second-order valence-electron chi connectivity index (χ2n) is 7.36. The van der Waals surface area contributed by atoms with E-state index < -0.39 is 5.41 Å². The Morgan fingerprint density at radius 3 is 2.68 bits per heavy atom. The monoisotopic (exact) mass is 338 g/mol. The highest BCUT2D eigenvalue weighted by atomic mass is 15.2. The summed E-state index contributed by atoms with van der Waals surface area (Å²) in [5.74, 6) is 0.291. The van der Waals surface area contributed by atoms with E-state index in [0.717, 1.165) is 51.0 Å². The van der Waals surface area contributed by atoms with E-state index in [0.29, 0.717) is 18.4 Å². The van der Waals surface area contributed by atoms with Gasteiger partial charge in [0.1, 0.15) is 0 Å². The quantitative estimate of drug-likeness (QED) is 0.700. The summed E-state index contributed by atoms with van der Waals surface area (Å²) in [6.45, 7) is 8.30. The molecular weight excluding hydrogens is 308 g/mol. The fourth-order valence-corrected chi connectivity index (χ4v) is 3.87. The Morgan fingerprint density at radius 1 is 1.28 bits per heavy atom. The number of rotatable bonds is 9. The molecule has 1 fully saturated rings. The molecule has 0 saturated carbocycles. The highest BCUT2D eigenvalue weighted by molar-refractivity contribution is 5.33. The van der Waals surface area contributed by atoms with E-state index in [-0.39, 0.29) is 0 Å². The third-order valence-electron chi connectivity index (χ3n) is 5.46. The van der Waals surface area contributed by atoms with E-state index >= 15 is 0 Å². The third-order valence-corrected chi connectivity index (χ3v) is 5.46. The van der Waals surface area contributed by atoms with Gasteiger partial charge in [0.15, 0.2) is 0 Å². The molecule has 0 spiro atoms. The molecule has 1 saturated heterocycles. The van der Waals surface area contributed by atoms with Crippen molar-refractivity contribution in [3.05, 3.63) is 35.9 Å². The molecule has 1 N–H and O–H groups in total. The van der Waals surface area contributed by atoms with Crippen LogP contribution in [-0.4, -0.2) is 37.1 Å². The Balaban J connectivity index is 1.87. The van der Waals surface area contributed by atoms with Gasteiger partial charge in [-0.2, -0.15) is 10.5 Å². The summed E-state index contributed by atoms with van der Waals surface area (Å²) in [4.78, 5) is 2.48. The van der Waals surface area contributed by atoms with Crippen LogP contribution in [0.2, 0.25) is 0 Å². The van der Waals surface area contributed by atoms with Crippen molar-refractivity contribution in [3.63, 3.8) is 0 Å². The molecule has 1 aromatic rings. The molecule has 2 atom stereocenters. The largest absolute Gasteiger partial charge is 0.312 e. The lowest BCUT2D eigenvalue weighted by Crippen LogP contribution is -2.34. The maximum Gasteiger partial charge on any atom is 0.0845 e. The lowest BCUT2D eigenvalue weighted by Gasteiger charge is -2.32. The molecule has 0 bridgehead atoms. The molecule has 1 aliphatic rings. The fourth-order valence-electron chi connectivity index (χ4n) is 3.87. The number of nitriles is 2. The van der Waals surface area contributed by atoms with Crippen LogP contribution in [0.25, 0.3) is 0 Å². The molecule has 0 aliphatic carbocycles. The summed E-state index contributed by atoms with van der Waals surface area (Å²) in [6, 6.07) is 15.6. The van der Waals surface area contributed by atoms with E-state index in [2.05, 4.69) is 48.3 Å². The fraction of sp³-hybridized carbons (Fsp3) is 0.619. The standard InChI is InChI=1S/C21H30N4/c1-18(2)21(17-23,19-8-4-3-5-9-19)11-6-14-25-15-10-20(16-25)24-13-7-12-22/h3-5,8-9,18,20,24H,6-7,10-11,13-16H2,1-2H3. The third kappa shape index (κ3) is 5.05. The van der Waals surface area contributed by atoms with E-state index in [1.54, 1.807) is 0 Å². The predicted molar refractivity (Wildman–Crippen MR) is 101 cm³/mol. The second kappa shape index (κ2) is 9.56. The van der Waals surface area contributed by atoms with Crippen molar-refractivity contribution >= 4 is 0 Å². The van der Waals surface area contributed by atoms with Crippen LogP contribution in [0, 0.1) is 28.6 Å². The highest BCUT2D eigenvalue weighted by Crippen LogP contribution is 2.36. The summed E-state index contributed by atoms with van der Waals surface area (Å²) >= 11 is 0. The van der Waals surface area contributed by atoms with E-state index in [4.69, 9.17) is 5.26 Å². The molecule has 0 radical (unpaired) electrons. The van der Waals surface area contributed by atoms with Gasteiger partial charge in [-0.1, -0.05) is 44.2 Å². The molecule has 0 amide bonds. The van der Waals surface area contributed by atoms with Gasteiger partial charge in [-0.3, -0.25) is 0 Å². The predicted octanol–water partition coefficient (Wildman–Crippen LogP) is 3.46. The molecule has 1 heterocycles. The minimum Gasteiger partial charge on any atom is -0.312 e. The van der Waals surface area contributed by atoms with Crippen molar-refractivity contribution in [3.8, 4) is 12.1 Å². The maximum atomic E-state index is 9.95. The van der Waals surface area contributed by atoms with Crippen LogP contribution in [0.1, 0.15) is 45.1 Å². The van der Waals surface area contributed by atoms with Crippen LogP contribution < -0.4 is 5.32 Å². The first kappa shape index (κ1) is 19.4. The van der Waals surface area contributed by atoms with Crippen molar-refractivity contribution in [2.24, 2.45) is 5.92 Å². The molecule has 25 heavy (non-hydrogen) atoms. The average Bonchev–Trinajstić information content (AvgIpc) is 3.07. The second-order valence-corrected chi connectivity index (χ2v) is 7.36. The lowest BCUT2D eigenvalue weighted by atomic mass is 9.70. The van der Waals surface area contributed by atoms with Gasteiger partial charge in [0.25, 0.3) is 0 Å². The molecule has 134 valence electrons. The van der Waals surface area contributed by atoms with E-state index in [1.165, 1.54) is 0 Å². The molecule has 2 rings (SSSR count). The van der Waals surface area contributed by atoms with Gasteiger partial charge in [-0.05, 0) is 43.8 Å². The molecule has 4 nitrogen and oxygen atoms in total. The molecule has 4 heteroatoms. The van der Waals surface area contributed by atoms with E-state index in [9.17, 15) is 5.26 Å². The molecular formula is C21H30N4. The first-order chi connectivity index (χ1) is 12.1. The first-order valence-electron chi connectivity index (χ1n) is 9.42. The van der Waals surface area contributed by atoms with Crippen LogP contribution >= 0.6 is 0 Å². The first-order valence-corrected chi connectivity index (χ1v) is 9.42. The Morgan fingerprint density at radius 2 is 2.04 bits per heavy atom. The molecule has 1 aromatic carbocycles. The Bertz CT molecular complexity index is 599. The minimum atomic E-state index is -0.397. The van der Waals surface area contributed by atoms with Crippen molar-refractivity contribution < 1.29 is 0 Å². The van der Waals surface area contributed by atoms with Crippen LogP contribution in [-0.2, 0) is 5.41 Å². The highest BCUT2D eigenvalue weighted by Gasteiger charge is 2.35. The number of hydrogen-bond acceptors (Lipinski definition) is 4. The van der Waals surface area contributed by atoms with Crippen molar-refractivity contribution in [2.75, 3.05) is 26.2 Å². The lowest BCUT2D eigenvalue weighted by molar-refractivity contribution is 0.288. The van der Waals surface area contributed by atoms with Gasteiger partial charge >= 0.3 is 0 Å². The van der Waals surface area contributed by atoms with E-state index in [1.807, 2.05) is 18.2 Å². The van der Waals surface area contributed by atoms with Crippen molar-refractivity contribution in [1.29, 1.82) is 10.5 Å². The van der Waals surface area contributed by atoms with Crippen LogP contribution in [0.15, 0.2) is 30.3 Å². The Kier molecular flexibility index (Phi) is 7.44. The van der Waals surface area contributed by atoms with Crippen molar-refractivity contribution in [2.45, 2.75) is 51.0 Å².